The summed E-state index contributed by atoms with van der Waals surface area (Å²) in [6.07, 6.45) is 3.61. The highest BCUT2D eigenvalue weighted by molar-refractivity contribution is 7.99. The average Bonchev–Trinajstić information content (AvgIpc) is 2.07. The average molecular weight is 213 g/mol. The van der Waals surface area contributed by atoms with Crippen LogP contribution >= 0.6 is 11.8 Å². The molecular formula is C12H23NS. The van der Waals surface area contributed by atoms with E-state index < -0.39 is 0 Å². The highest BCUT2D eigenvalue weighted by Gasteiger charge is 2.31. The van der Waals surface area contributed by atoms with Crippen LogP contribution in [0.15, 0.2) is 11.6 Å². The maximum Gasteiger partial charge on any atom is 0.0212 e. The van der Waals surface area contributed by atoms with Crippen molar-refractivity contribution >= 4 is 11.8 Å². The van der Waals surface area contributed by atoms with Crippen LogP contribution in [0.5, 0.6) is 0 Å². The van der Waals surface area contributed by atoms with Crippen molar-refractivity contribution in [1.82, 2.24) is 5.32 Å². The molecular weight excluding hydrogens is 190 g/mol. The summed E-state index contributed by atoms with van der Waals surface area (Å²) in [6, 6.07) is 0.678. The summed E-state index contributed by atoms with van der Waals surface area (Å²) in [4.78, 5) is 0. The van der Waals surface area contributed by atoms with Crippen molar-refractivity contribution in [3.05, 3.63) is 11.6 Å². The fourth-order valence-electron chi connectivity index (χ4n) is 1.68. The fourth-order valence-corrected chi connectivity index (χ4v) is 3.32. The van der Waals surface area contributed by atoms with Gasteiger partial charge in [-0.3, -0.25) is 0 Å². The SMILES string of the molecule is CC(C)=CCNC1CSCCC1(C)C. The molecule has 0 aromatic rings. The van der Waals surface area contributed by atoms with Crippen LogP contribution in [0.4, 0.5) is 0 Å². The van der Waals surface area contributed by atoms with Gasteiger partial charge in [0.2, 0.25) is 0 Å². The third-order valence-electron chi connectivity index (χ3n) is 2.99. The van der Waals surface area contributed by atoms with E-state index in [1.165, 1.54) is 23.5 Å². The number of rotatable bonds is 3. The van der Waals surface area contributed by atoms with Crippen LogP contribution in [0, 0.1) is 5.41 Å². The van der Waals surface area contributed by atoms with E-state index in [4.69, 9.17) is 0 Å². The molecule has 0 bridgehead atoms. The van der Waals surface area contributed by atoms with Crippen LogP contribution in [-0.4, -0.2) is 24.1 Å². The zero-order valence-corrected chi connectivity index (χ0v) is 10.7. The Bertz CT molecular complexity index is 204. The predicted octanol–water partition coefficient (Wildman–Crippen LogP) is 3.07. The van der Waals surface area contributed by atoms with E-state index in [-0.39, 0.29) is 0 Å². The highest BCUT2D eigenvalue weighted by Crippen LogP contribution is 2.33. The van der Waals surface area contributed by atoms with Gasteiger partial charge in [0.25, 0.3) is 0 Å². The topological polar surface area (TPSA) is 12.0 Å². The summed E-state index contributed by atoms with van der Waals surface area (Å²) in [5, 5.41) is 3.65. The van der Waals surface area contributed by atoms with E-state index in [1.54, 1.807) is 0 Å². The first kappa shape index (κ1) is 12.1. The third kappa shape index (κ3) is 3.66. The molecule has 0 aromatic carbocycles. The smallest absolute Gasteiger partial charge is 0.0212 e. The zero-order chi connectivity index (χ0) is 10.6. The second kappa shape index (κ2) is 5.22. The molecule has 0 radical (unpaired) electrons. The maximum atomic E-state index is 3.65. The number of thioether (sulfide) groups is 1. The first-order valence-corrected chi connectivity index (χ1v) is 6.62. The van der Waals surface area contributed by atoms with Gasteiger partial charge in [0.05, 0.1) is 0 Å². The second-order valence-electron chi connectivity index (χ2n) is 5.06. The van der Waals surface area contributed by atoms with Crippen LogP contribution in [0.25, 0.3) is 0 Å². The molecule has 1 aliphatic heterocycles. The van der Waals surface area contributed by atoms with Gasteiger partial charge >= 0.3 is 0 Å². The summed E-state index contributed by atoms with van der Waals surface area (Å²) in [5.74, 6) is 2.59. The van der Waals surface area contributed by atoms with Crippen LogP contribution in [0.2, 0.25) is 0 Å². The van der Waals surface area contributed by atoms with E-state index in [9.17, 15) is 0 Å². The number of hydrogen-bond acceptors (Lipinski definition) is 2. The highest BCUT2D eigenvalue weighted by atomic mass is 32.2. The molecule has 1 unspecified atom stereocenters. The van der Waals surface area contributed by atoms with Crippen molar-refractivity contribution in [2.45, 2.75) is 40.2 Å². The first-order chi connectivity index (χ1) is 6.52. The number of nitrogens with one attached hydrogen (secondary N) is 1. The van der Waals surface area contributed by atoms with Gasteiger partial charge in [-0.05, 0) is 31.4 Å². The van der Waals surface area contributed by atoms with E-state index in [2.05, 4.69) is 50.8 Å². The lowest BCUT2D eigenvalue weighted by atomic mass is 9.82. The van der Waals surface area contributed by atoms with E-state index in [0.717, 1.165) is 6.54 Å². The lowest BCUT2D eigenvalue weighted by Crippen LogP contribution is -2.46. The van der Waals surface area contributed by atoms with Gasteiger partial charge in [0.15, 0.2) is 0 Å². The number of allylic oxidation sites excluding steroid dienone is 1. The molecule has 1 aliphatic rings. The monoisotopic (exact) mass is 213 g/mol. The molecule has 1 atom stereocenters. The van der Waals surface area contributed by atoms with Crippen molar-refractivity contribution < 1.29 is 0 Å². The Morgan fingerprint density at radius 1 is 1.50 bits per heavy atom. The van der Waals surface area contributed by atoms with Gasteiger partial charge in [-0.2, -0.15) is 11.8 Å². The van der Waals surface area contributed by atoms with E-state index in [0.29, 0.717) is 11.5 Å². The fraction of sp³-hybridized carbons (Fsp3) is 0.833. The molecule has 0 spiro atoms. The molecule has 14 heavy (non-hydrogen) atoms. The molecule has 1 saturated heterocycles. The summed E-state index contributed by atoms with van der Waals surface area (Å²) in [5.41, 5.74) is 1.87. The Labute approximate surface area is 92.7 Å². The van der Waals surface area contributed by atoms with Gasteiger partial charge in [-0.15, -0.1) is 0 Å². The summed E-state index contributed by atoms with van der Waals surface area (Å²) in [6.45, 7) is 10.1. The predicted molar refractivity (Wildman–Crippen MR) is 66.9 cm³/mol. The van der Waals surface area contributed by atoms with Gasteiger partial charge in [-0.25, -0.2) is 0 Å². The lowest BCUT2D eigenvalue weighted by molar-refractivity contribution is 0.252. The van der Waals surface area contributed by atoms with Crippen LogP contribution in [-0.2, 0) is 0 Å². The summed E-state index contributed by atoms with van der Waals surface area (Å²) in [7, 11) is 0. The van der Waals surface area contributed by atoms with Crippen molar-refractivity contribution in [2.24, 2.45) is 5.41 Å². The standard InChI is InChI=1S/C12H23NS/c1-10(2)5-7-13-11-9-14-8-6-12(11,3)4/h5,11,13H,6-9H2,1-4H3. The van der Waals surface area contributed by atoms with Crippen LogP contribution in [0.3, 0.4) is 0 Å². The molecule has 82 valence electrons. The van der Waals surface area contributed by atoms with Crippen molar-refractivity contribution in [3.8, 4) is 0 Å². The van der Waals surface area contributed by atoms with Gasteiger partial charge in [-0.1, -0.05) is 25.5 Å². The molecule has 2 heteroatoms. The molecule has 0 saturated carbocycles. The van der Waals surface area contributed by atoms with Gasteiger partial charge in [0, 0.05) is 18.3 Å². The van der Waals surface area contributed by atoms with Crippen LogP contribution in [0.1, 0.15) is 34.1 Å². The summed E-state index contributed by atoms with van der Waals surface area (Å²) < 4.78 is 0. The minimum atomic E-state index is 0.473. The number of hydrogen-bond donors (Lipinski definition) is 1. The van der Waals surface area contributed by atoms with Crippen LogP contribution < -0.4 is 5.32 Å². The maximum absolute atomic E-state index is 3.65. The molecule has 1 nitrogen and oxygen atoms in total. The quantitative estimate of drug-likeness (QED) is 0.723. The van der Waals surface area contributed by atoms with E-state index >= 15 is 0 Å². The molecule has 0 aliphatic carbocycles. The zero-order valence-electron chi connectivity index (χ0n) is 9.89. The Morgan fingerprint density at radius 2 is 2.21 bits per heavy atom. The van der Waals surface area contributed by atoms with Crippen molar-refractivity contribution in [1.29, 1.82) is 0 Å². The Kier molecular flexibility index (Phi) is 4.52. The Morgan fingerprint density at radius 3 is 2.79 bits per heavy atom. The summed E-state index contributed by atoms with van der Waals surface area (Å²) >= 11 is 2.08. The normalized spacial score (nSPS) is 25.9. The molecule has 1 N–H and O–H groups in total. The second-order valence-corrected chi connectivity index (χ2v) is 6.21. The molecule has 1 rings (SSSR count). The van der Waals surface area contributed by atoms with Crippen molar-refractivity contribution in [2.75, 3.05) is 18.1 Å². The minimum Gasteiger partial charge on any atom is -0.309 e. The Balaban J connectivity index is 2.38. The van der Waals surface area contributed by atoms with E-state index in [1.807, 2.05) is 0 Å². The minimum absolute atomic E-state index is 0.473. The largest absolute Gasteiger partial charge is 0.309 e. The van der Waals surface area contributed by atoms with Crippen molar-refractivity contribution in [3.63, 3.8) is 0 Å². The lowest BCUT2D eigenvalue weighted by Gasteiger charge is -2.38. The Hall–Kier alpha value is 0.0500. The molecule has 0 amide bonds. The van der Waals surface area contributed by atoms with Gasteiger partial charge in [0.1, 0.15) is 0 Å². The third-order valence-corrected chi connectivity index (χ3v) is 4.05. The first-order valence-electron chi connectivity index (χ1n) is 5.47. The molecule has 1 fully saturated rings. The molecule has 1 heterocycles. The molecule has 0 aromatic heterocycles. The van der Waals surface area contributed by atoms with Gasteiger partial charge < -0.3 is 5.32 Å².